The normalized spacial score (nSPS) is 11.4. The van der Waals surface area contributed by atoms with E-state index < -0.39 is 23.3 Å². The number of carboxylic acid groups (broad SMARTS) is 1. The minimum absolute atomic E-state index is 0.0586. The van der Waals surface area contributed by atoms with Crippen LogP contribution in [0.15, 0.2) is 53.1 Å². The zero-order chi connectivity index (χ0) is 20.6. The first-order valence-corrected chi connectivity index (χ1v) is 8.62. The molecule has 144 valence electrons. The molecule has 0 saturated carbocycles. The van der Waals surface area contributed by atoms with Crippen LogP contribution >= 0.6 is 0 Å². The molecule has 2 aromatic carbocycles. The van der Waals surface area contributed by atoms with E-state index in [1.165, 1.54) is 24.5 Å². The van der Waals surface area contributed by atoms with Gasteiger partial charge in [0.15, 0.2) is 17.3 Å². The lowest BCUT2D eigenvalue weighted by molar-refractivity contribution is 0.0663. The molecule has 3 rings (SSSR count). The summed E-state index contributed by atoms with van der Waals surface area (Å²) >= 11 is 0. The summed E-state index contributed by atoms with van der Waals surface area (Å²) in [4.78, 5) is 24.0. The Kier molecular flexibility index (Phi) is 4.73. The van der Waals surface area contributed by atoms with Crippen molar-refractivity contribution in [2.75, 3.05) is 0 Å². The molecule has 0 spiro atoms. The van der Waals surface area contributed by atoms with Gasteiger partial charge >= 0.3 is 5.97 Å². The van der Waals surface area contributed by atoms with Gasteiger partial charge in [0, 0.05) is 16.7 Å². The van der Waals surface area contributed by atoms with Crippen molar-refractivity contribution >= 4 is 11.8 Å². The molecule has 0 aliphatic carbocycles. The summed E-state index contributed by atoms with van der Waals surface area (Å²) in [6, 6.07) is 11.1. The molecule has 1 aromatic heterocycles. The molecule has 0 fully saturated rings. The van der Waals surface area contributed by atoms with Crippen LogP contribution < -0.4 is 0 Å². The molecule has 0 saturated heterocycles. The zero-order valence-electron chi connectivity index (χ0n) is 15.7. The third kappa shape index (κ3) is 3.36. The number of hydrogen-bond acceptors (Lipinski definition) is 5. The summed E-state index contributed by atoms with van der Waals surface area (Å²) < 4.78 is 4.90. The molecule has 0 aliphatic heterocycles. The van der Waals surface area contributed by atoms with Gasteiger partial charge in [-0.3, -0.25) is 4.79 Å². The van der Waals surface area contributed by atoms with E-state index in [2.05, 4.69) is 20.8 Å². The van der Waals surface area contributed by atoms with E-state index in [-0.39, 0.29) is 27.9 Å². The highest BCUT2D eigenvalue weighted by Crippen LogP contribution is 2.41. The largest absolute Gasteiger partial charge is 0.504 e. The van der Waals surface area contributed by atoms with Gasteiger partial charge in [0.2, 0.25) is 5.76 Å². The third-order valence-corrected chi connectivity index (χ3v) is 4.56. The highest BCUT2D eigenvalue weighted by molar-refractivity contribution is 6.11. The number of phenolic OH excluding ortho intramolecular Hbond substituents is 2. The van der Waals surface area contributed by atoms with Gasteiger partial charge < -0.3 is 19.7 Å². The van der Waals surface area contributed by atoms with Crippen molar-refractivity contribution < 1.29 is 29.3 Å². The summed E-state index contributed by atoms with van der Waals surface area (Å²) in [5.41, 5.74) is 1.45. The second-order valence-electron chi connectivity index (χ2n) is 7.48. The minimum atomic E-state index is -1.31. The number of aromatic hydroxyl groups is 2. The Morgan fingerprint density at radius 1 is 0.857 bits per heavy atom. The number of benzene rings is 2. The van der Waals surface area contributed by atoms with E-state index in [1.54, 1.807) is 12.1 Å². The van der Waals surface area contributed by atoms with Crippen molar-refractivity contribution in [3.63, 3.8) is 0 Å². The zero-order valence-corrected chi connectivity index (χ0v) is 15.7. The molecule has 3 N–H and O–H groups in total. The fraction of sp³-hybridized carbons (Fsp3) is 0.182. The Morgan fingerprint density at radius 3 is 2.07 bits per heavy atom. The number of rotatable bonds is 4. The molecule has 0 atom stereocenters. The first-order chi connectivity index (χ1) is 13.1. The van der Waals surface area contributed by atoms with Crippen LogP contribution in [-0.2, 0) is 5.41 Å². The van der Waals surface area contributed by atoms with E-state index >= 15 is 0 Å². The fourth-order valence-corrected chi connectivity index (χ4v) is 2.94. The highest BCUT2D eigenvalue weighted by atomic mass is 16.4. The summed E-state index contributed by atoms with van der Waals surface area (Å²) in [6.45, 7) is 6.19. The average Bonchev–Trinajstić information content (AvgIpc) is 3.12. The van der Waals surface area contributed by atoms with Crippen molar-refractivity contribution in [1.82, 2.24) is 0 Å². The van der Waals surface area contributed by atoms with Crippen LogP contribution in [0.2, 0.25) is 0 Å². The molecule has 28 heavy (non-hydrogen) atoms. The quantitative estimate of drug-likeness (QED) is 0.451. The number of hydrogen-bond donors (Lipinski definition) is 3. The number of ketones is 1. The summed E-state index contributed by atoms with van der Waals surface area (Å²) in [5.74, 6) is -3.32. The predicted octanol–water partition coefficient (Wildman–Crippen LogP) is 4.58. The molecule has 0 bridgehead atoms. The minimum Gasteiger partial charge on any atom is -0.504 e. The SMILES string of the molecule is CC(C)(C)c1ccc(C(=O)c2ccc(-c3ccoc3C(=O)O)c(O)c2O)cc1. The molecular weight excluding hydrogens is 360 g/mol. The summed E-state index contributed by atoms with van der Waals surface area (Å²) in [7, 11) is 0. The van der Waals surface area contributed by atoms with Gasteiger partial charge in [-0.05, 0) is 29.2 Å². The Hall–Kier alpha value is -3.54. The monoisotopic (exact) mass is 380 g/mol. The third-order valence-electron chi connectivity index (χ3n) is 4.56. The molecule has 3 aromatic rings. The first-order valence-electron chi connectivity index (χ1n) is 8.62. The average molecular weight is 380 g/mol. The second kappa shape index (κ2) is 6.88. The fourth-order valence-electron chi connectivity index (χ4n) is 2.94. The second-order valence-corrected chi connectivity index (χ2v) is 7.48. The molecule has 6 nitrogen and oxygen atoms in total. The Labute approximate surface area is 161 Å². The topological polar surface area (TPSA) is 108 Å². The Bertz CT molecular complexity index is 1050. The molecule has 0 radical (unpaired) electrons. The van der Waals surface area contributed by atoms with Gasteiger partial charge in [0.25, 0.3) is 0 Å². The lowest BCUT2D eigenvalue weighted by Gasteiger charge is -2.19. The van der Waals surface area contributed by atoms with Crippen molar-refractivity contribution in [3.05, 3.63) is 71.2 Å². The predicted molar refractivity (Wildman–Crippen MR) is 103 cm³/mol. The Balaban J connectivity index is 2.00. The lowest BCUT2D eigenvalue weighted by Crippen LogP contribution is -2.11. The molecule has 0 amide bonds. The number of phenols is 2. The van der Waals surface area contributed by atoms with Crippen molar-refractivity contribution in [3.8, 4) is 22.6 Å². The van der Waals surface area contributed by atoms with Crippen LogP contribution in [0.3, 0.4) is 0 Å². The van der Waals surface area contributed by atoms with E-state index in [0.717, 1.165) is 5.56 Å². The van der Waals surface area contributed by atoms with Crippen LogP contribution in [0.5, 0.6) is 11.5 Å². The molecule has 1 heterocycles. The van der Waals surface area contributed by atoms with E-state index in [0.29, 0.717) is 5.56 Å². The van der Waals surface area contributed by atoms with Crippen molar-refractivity contribution in [2.24, 2.45) is 0 Å². The maximum atomic E-state index is 12.8. The molecule has 6 heteroatoms. The van der Waals surface area contributed by atoms with Gasteiger partial charge in [-0.15, -0.1) is 0 Å². The number of carbonyl (C=O) groups excluding carboxylic acids is 1. The highest BCUT2D eigenvalue weighted by Gasteiger charge is 2.24. The van der Waals surface area contributed by atoms with E-state index in [4.69, 9.17) is 9.52 Å². The molecular formula is C22H20O6. The Morgan fingerprint density at radius 2 is 1.50 bits per heavy atom. The summed E-state index contributed by atoms with van der Waals surface area (Å²) in [6.07, 6.45) is 1.17. The lowest BCUT2D eigenvalue weighted by atomic mass is 9.86. The van der Waals surface area contributed by atoms with Crippen LogP contribution in [0.25, 0.3) is 11.1 Å². The number of furan rings is 1. The van der Waals surface area contributed by atoms with Gasteiger partial charge in [0.05, 0.1) is 11.8 Å². The number of carboxylic acids is 1. The first kappa shape index (κ1) is 19.2. The van der Waals surface area contributed by atoms with Crippen molar-refractivity contribution in [1.29, 1.82) is 0 Å². The van der Waals surface area contributed by atoms with Gasteiger partial charge in [-0.1, -0.05) is 45.0 Å². The summed E-state index contributed by atoms with van der Waals surface area (Å²) in [5, 5.41) is 29.9. The van der Waals surface area contributed by atoms with Crippen LogP contribution in [0.4, 0.5) is 0 Å². The smallest absolute Gasteiger partial charge is 0.372 e. The van der Waals surface area contributed by atoms with Crippen LogP contribution in [-0.4, -0.2) is 27.1 Å². The van der Waals surface area contributed by atoms with E-state index in [9.17, 15) is 19.8 Å². The number of carbonyl (C=O) groups is 2. The van der Waals surface area contributed by atoms with E-state index in [1.807, 2.05) is 12.1 Å². The van der Waals surface area contributed by atoms with Crippen LogP contribution in [0, 0.1) is 0 Å². The standard InChI is InChI=1S/C22H20O6/c1-22(2,3)13-6-4-12(5-7-13)17(23)16-9-8-14(18(24)19(16)25)15-10-11-28-20(15)21(26)27/h4-11,24-25H,1-3H3,(H,26,27). The molecule has 0 unspecified atom stereocenters. The maximum Gasteiger partial charge on any atom is 0.372 e. The van der Waals surface area contributed by atoms with Crippen molar-refractivity contribution in [2.45, 2.75) is 26.2 Å². The van der Waals surface area contributed by atoms with Gasteiger partial charge in [0.1, 0.15) is 0 Å². The number of aromatic carboxylic acids is 1. The molecule has 0 aliphatic rings. The van der Waals surface area contributed by atoms with Crippen LogP contribution in [0.1, 0.15) is 52.8 Å². The van der Waals surface area contributed by atoms with Gasteiger partial charge in [-0.25, -0.2) is 4.79 Å². The van der Waals surface area contributed by atoms with Gasteiger partial charge in [-0.2, -0.15) is 0 Å². The maximum absolute atomic E-state index is 12.8.